The number of nitrogens with zero attached hydrogens (tertiary/aromatic N) is 2. The lowest BCUT2D eigenvalue weighted by atomic mass is 9.95. The van der Waals surface area contributed by atoms with E-state index in [1.165, 1.54) is 0 Å². The number of rotatable bonds is 6. The molecule has 1 aliphatic heterocycles. The van der Waals surface area contributed by atoms with Crippen LogP contribution < -0.4 is 4.74 Å². The summed E-state index contributed by atoms with van der Waals surface area (Å²) < 4.78 is 6.00. The molecule has 1 aliphatic carbocycles. The number of carbonyl (C=O) groups is 1. The van der Waals surface area contributed by atoms with Crippen molar-refractivity contribution in [2.75, 3.05) is 0 Å². The van der Waals surface area contributed by atoms with Gasteiger partial charge < -0.3 is 9.64 Å². The first-order valence-corrected chi connectivity index (χ1v) is 12.5. The molecule has 1 N–H and O–H groups in total. The average Bonchev–Trinajstić information content (AvgIpc) is 3.62. The van der Waals surface area contributed by atoms with Gasteiger partial charge in [0.15, 0.2) is 0 Å². The second-order valence-electron chi connectivity index (χ2n) is 9.26. The number of halogens is 1. The molecule has 1 atom stereocenters. The van der Waals surface area contributed by atoms with Gasteiger partial charge in [0.2, 0.25) is 0 Å². The normalized spacial score (nSPS) is 17.7. The number of ether oxygens (including phenoxy) is 1. The molecule has 2 heterocycles. The van der Waals surface area contributed by atoms with Crippen molar-refractivity contribution in [1.29, 1.82) is 0 Å². The molecule has 2 aliphatic rings. The van der Waals surface area contributed by atoms with Gasteiger partial charge >= 0.3 is 0 Å². The monoisotopic (exact) mass is 483 g/mol. The van der Waals surface area contributed by atoms with Crippen LogP contribution in [0.25, 0.3) is 11.3 Å². The van der Waals surface area contributed by atoms with Crippen LogP contribution in [0.1, 0.15) is 58.9 Å². The fraction of sp³-hybridized carbons (Fsp3) is 0.241. The molecule has 0 spiro atoms. The SMILES string of the molecule is O=C1c2[nH]nc(-c3ccc(Cl)cc3)c2C(c2ccc(OCc3ccccc3)cc2)N1C1CCCC1. The molecule has 1 aromatic heterocycles. The van der Waals surface area contributed by atoms with Gasteiger partial charge in [-0.2, -0.15) is 5.10 Å². The first-order chi connectivity index (χ1) is 17.2. The van der Waals surface area contributed by atoms with Crippen molar-refractivity contribution in [1.82, 2.24) is 15.1 Å². The molecule has 4 aromatic rings. The molecule has 0 radical (unpaired) electrons. The second-order valence-corrected chi connectivity index (χ2v) is 9.70. The predicted molar refractivity (Wildman–Crippen MR) is 137 cm³/mol. The van der Waals surface area contributed by atoms with Crippen molar-refractivity contribution < 1.29 is 9.53 Å². The van der Waals surface area contributed by atoms with E-state index in [4.69, 9.17) is 16.3 Å². The fourth-order valence-corrected chi connectivity index (χ4v) is 5.49. The lowest BCUT2D eigenvalue weighted by molar-refractivity contribution is 0.0660. The van der Waals surface area contributed by atoms with Crippen LogP contribution in [0.4, 0.5) is 0 Å². The number of carbonyl (C=O) groups excluding carboxylic acids is 1. The summed E-state index contributed by atoms with van der Waals surface area (Å²) in [5.74, 6) is 0.841. The molecule has 1 unspecified atom stereocenters. The van der Waals surface area contributed by atoms with Gasteiger partial charge in [0.25, 0.3) is 5.91 Å². The number of fused-ring (bicyclic) bond motifs is 1. The quantitative estimate of drug-likeness (QED) is 0.328. The van der Waals surface area contributed by atoms with Crippen molar-refractivity contribution in [2.24, 2.45) is 0 Å². The third-order valence-electron chi connectivity index (χ3n) is 7.08. The first kappa shape index (κ1) is 21.9. The third-order valence-corrected chi connectivity index (χ3v) is 7.34. The summed E-state index contributed by atoms with van der Waals surface area (Å²) in [6, 6.07) is 26.0. The van der Waals surface area contributed by atoms with Crippen LogP contribution in [-0.4, -0.2) is 27.0 Å². The summed E-state index contributed by atoms with van der Waals surface area (Å²) in [5, 5.41) is 8.29. The summed E-state index contributed by atoms with van der Waals surface area (Å²) in [5.41, 5.74) is 5.48. The Balaban J connectivity index is 1.35. The molecule has 6 heteroatoms. The summed E-state index contributed by atoms with van der Waals surface area (Å²) in [7, 11) is 0. The number of aromatic amines is 1. The Morgan fingerprint density at radius 2 is 1.66 bits per heavy atom. The molecule has 1 saturated carbocycles. The Morgan fingerprint density at radius 3 is 2.37 bits per heavy atom. The molecule has 0 saturated heterocycles. The lowest BCUT2D eigenvalue weighted by Crippen LogP contribution is -2.37. The van der Waals surface area contributed by atoms with Crippen LogP contribution in [0.2, 0.25) is 5.02 Å². The van der Waals surface area contributed by atoms with Crippen LogP contribution in [0.5, 0.6) is 5.75 Å². The smallest absolute Gasteiger partial charge is 0.273 e. The van der Waals surface area contributed by atoms with Crippen molar-refractivity contribution in [3.8, 4) is 17.0 Å². The van der Waals surface area contributed by atoms with E-state index < -0.39 is 0 Å². The molecule has 176 valence electrons. The number of amides is 1. The third kappa shape index (κ3) is 4.10. The van der Waals surface area contributed by atoms with E-state index in [0.29, 0.717) is 17.3 Å². The maximum Gasteiger partial charge on any atom is 0.273 e. The fourth-order valence-electron chi connectivity index (χ4n) is 5.37. The van der Waals surface area contributed by atoms with Crippen molar-refractivity contribution in [2.45, 2.75) is 44.4 Å². The summed E-state index contributed by atoms with van der Waals surface area (Å²) in [4.78, 5) is 15.7. The maximum absolute atomic E-state index is 13.6. The zero-order chi connectivity index (χ0) is 23.8. The first-order valence-electron chi connectivity index (χ1n) is 12.1. The Morgan fingerprint density at radius 1 is 0.943 bits per heavy atom. The lowest BCUT2D eigenvalue weighted by Gasteiger charge is -2.32. The number of nitrogens with one attached hydrogen (secondary N) is 1. The minimum Gasteiger partial charge on any atom is -0.489 e. The van der Waals surface area contributed by atoms with E-state index >= 15 is 0 Å². The number of H-pyrrole nitrogens is 1. The van der Waals surface area contributed by atoms with Gasteiger partial charge in [0, 0.05) is 22.2 Å². The summed E-state index contributed by atoms with van der Waals surface area (Å²) in [6.45, 7) is 0.517. The largest absolute Gasteiger partial charge is 0.489 e. The van der Waals surface area contributed by atoms with E-state index in [1.54, 1.807) is 0 Å². The Bertz CT molecular complexity index is 1330. The van der Waals surface area contributed by atoms with E-state index in [9.17, 15) is 4.79 Å². The highest BCUT2D eigenvalue weighted by Gasteiger charge is 2.45. The second kappa shape index (κ2) is 9.23. The molecule has 35 heavy (non-hydrogen) atoms. The van der Waals surface area contributed by atoms with E-state index in [-0.39, 0.29) is 18.0 Å². The Kier molecular flexibility index (Phi) is 5.78. The topological polar surface area (TPSA) is 58.2 Å². The van der Waals surface area contributed by atoms with Crippen LogP contribution in [0, 0.1) is 0 Å². The Hall–Kier alpha value is -3.57. The highest BCUT2D eigenvalue weighted by atomic mass is 35.5. The molecule has 6 rings (SSSR count). The minimum absolute atomic E-state index is 0.0361. The van der Waals surface area contributed by atoms with Gasteiger partial charge in [-0.25, -0.2) is 0 Å². The number of benzene rings is 3. The van der Waals surface area contributed by atoms with E-state index in [0.717, 1.165) is 59.4 Å². The van der Waals surface area contributed by atoms with Gasteiger partial charge in [-0.3, -0.25) is 9.89 Å². The molecule has 1 amide bonds. The zero-order valence-electron chi connectivity index (χ0n) is 19.3. The molecule has 1 fully saturated rings. The van der Waals surface area contributed by atoms with Crippen molar-refractivity contribution in [3.63, 3.8) is 0 Å². The van der Waals surface area contributed by atoms with Crippen LogP contribution in [0.15, 0.2) is 78.9 Å². The highest BCUT2D eigenvalue weighted by Crippen LogP contribution is 2.46. The molecule has 0 bridgehead atoms. The van der Waals surface area contributed by atoms with Gasteiger partial charge in [-0.15, -0.1) is 0 Å². The van der Waals surface area contributed by atoms with Crippen LogP contribution in [0.3, 0.4) is 0 Å². The van der Waals surface area contributed by atoms with E-state index in [2.05, 4.69) is 39.4 Å². The molecule has 5 nitrogen and oxygen atoms in total. The van der Waals surface area contributed by atoms with Crippen molar-refractivity contribution in [3.05, 3.63) is 106 Å². The average molecular weight is 484 g/mol. The van der Waals surface area contributed by atoms with Gasteiger partial charge in [-0.05, 0) is 48.2 Å². The summed E-state index contributed by atoms with van der Waals surface area (Å²) >= 11 is 6.12. The van der Waals surface area contributed by atoms with Gasteiger partial charge in [0.05, 0.1) is 11.7 Å². The number of aromatic nitrogens is 2. The molecular weight excluding hydrogens is 458 g/mol. The molecular formula is C29H26ClN3O2. The van der Waals surface area contributed by atoms with Crippen LogP contribution >= 0.6 is 11.6 Å². The van der Waals surface area contributed by atoms with Gasteiger partial charge in [-0.1, -0.05) is 79.0 Å². The number of hydrogen-bond donors (Lipinski definition) is 1. The zero-order valence-corrected chi connectivity index (χ0v) is 20.0. The number of hydrogen-bond acceptors (Lipinski definition) is 3. The highest BCUT2D eigenvalue weighted by molar-refractivity contribution is 6.30. The van der Waals surface area contributed by atoms with E-state index in [1.807, 2.05) is 54.6 Å². The maximum atomic E-state index is 13.6. The van der Waals surface area contributed by atoms with Crippen LogP contribution in [-0.2, 0) is 6.61 Å². The predicted octanol–water partition coefficient (Wildman–Crippen LogP) is 6.80. The standard InChI is InChI=1S/C29H26ClN3O2/c30-22-14-10-20(11-15-22)26-25-27(32-31-26)29(34)33(23-8-4-5-9-23)28(25)21-12-16-24(17-13-21)35-18-19-6-2-1-3-7-19/h1-3,6-7,10-17,23,28H,4-5,8-9,18H2,(H,31,32). The molecule has 3 aromatic carbocycles. The minimum atomic E-state index is -0.187. The Labute approximate surface area is 209 Å². The van der Waals surface area contributed by atoms with Crippen molar-refractivity contribution >= 4 is 17.5 Å². The van der Waals surface area contributed by atoms with Gasteiger partial charge in [0.1, 0.15) is 18.1 Å². The summed E-state index contributed by atoms with van der Waals surface area (Å²) in [6.07, 6.45) is 4.39.